The first-order valence-electron chi connectivity index (χ1n) is 9.67. The monoisotopic (exact) mass is 445 g/mol. The fourth-order valence-electron chi connectivity index (χ4n) is 4.14. The zero-order valence-electron chi connectivity index (χ0n) is 17.3. The van der Waals surface area contributed by atoms with E-state index in [4.69, 9.17) is 9.47 Å². The van der Waals surface area contributed by atoms with Crippen LogP contribution >= 0.6 is 0 Å². The predicted molar refractivity (Wildman–Crippen MR) is 115 cm³/mol. The topological polar surface area (TPSA) is 114 Å². The normalized spacial score (nSPS) is 20.5. The second kappa shape index (κ2) is 7.86. The van der Waals surface area contributed by atoms with Gasteiger partial charge in [-0.3, -0.25) is 9.59 Å². The van der Waals surface area contributed by atoms with Gasteiger partial charge in [0.2, 0.25) is 15.9 Å². The number of rotatable bonds is 5. The average molecular weight is 445 g/mol. The third-order valence-corrected chi connectivity index (χ3v) is 6.25. The molecule has 2 atom stereocenters. The van der Waals surface area contributed by atoms with Crippen LogP contribution in [0, 0.1) is 0 Å². The highest BCUT2D eigenvalue weighted by atomic mass is 32.2. The Bertz CT molecular complexity index is 1160. The Morgan fingerprint density at radius 2 is 1.84 bits per heavy atom. The summed E-state index contributed by atoms with van der Waals surface area (Å²) in [6, 6.07) is 8.98. The fourth-order valence-corrected chi connectivity index (χ4v) is 4.94. The van der Waals surface area contributed by atoms with Gasteiger partial charge in [0.25, 0.3) is 5.91 Å². The number of nitrogens with zero attached hydrogens (tertiary/aromatic N) is 1. The molecule has 0 aliphatic carbocycles. The molecule has 9 nitrogen and oxygen atoms in total. The Morgan fingerprint density at radius 1 is 1.06 bits per heavy atom. The number of anilines is 1. The van der Waals surface area contributed by atoms with Crippen molar-refractivity contribution >= 4 is 27.5 Å². The largest absolute Gasteiger partial charge is 0.497 e. The molecule has 1 fully saturated rings. The van der Waals surface area contributed by atoms with Gasteiger partial charge in [0, 0.05) is 18.2 Å². The number of sulfonamides is 1. The molecular weight excluding hydrogens is 422 g/mol. The van der Waals surface area contributed by atoms with Gasteiger partial charge in [-0.15, -0.1) is 0 Å². The number of amides is 2. The van der Waals surface area contributed by atoms with E-state index < -0.39 is 28.0 Å². The maximum atomic E-state index is 13.3. The van der Waals surface area contributed by atoms with Gasteiger partial charge in [-0.2, -0.15) is 0 Å². The van der Waals surface area contributed by atoms with E-state index >= 15 is 0 Å². The van der Waals surface area contributed by atoms with Crippen LogP contribution in [0.15, 0.2) is 36.4 Å². The van der Waals surface area contributed by atoms with Gasteiger partial charge in [0.15, 0.2) is 0 Å². The summed E-state index contributed by atoms with van der Waals surface area (Å²) >= 11 is 0. The van der Waals surface area contributed by atoms with Crippen molar-refractivity contribution in [3.8, 4) is 22.6 Å². The highest BCUT2D eigenvalue weighted by Gasteiger charge is 2.45. The minimum Gasteiger partial charge on any atom is -0.497 e. The maximum absolute atomic E-state index is 13.3. The molecule has 0 spiro atoms. The lowest BCUT2D eigenvalue weighted by Crippen LogP contribution is -2.51. The molecule has 31 heavy (non-hydrogen) atoms. The van der Waals surface area contributed by atoms with E-state index in [0.29, 0.717) is 29.2 Å². The lowest BCUT2D eigenvalue weighted by atomic mass is 10.00. The van der Waals surface area contributed by atoms with Crippen molar-refractivity contribution in [2.75, 3.05) is 32.3 Å². The highest BCUT2D eigenvalue weighted by Crippen LogP contribution is 2.37. The van der Waals surface area contributed by atoms with Gasteiger partial charge < -0.3 is 19.7 Å². The molecule has 0 radical (unpaired) electrons. The van der Waals surface area contributed by atoms with E-state index in [1.54, 1.807) is 44.6 Å². The Hall–Kier alpha value is -3.11. The van der Waals surface area contributed by atoms with Crippen LogP contribution in [0.2, 0.25) is 0 Å². The summed E-state index contributed by atoms with van der Waals surface area (Å²) in [7, 11) is -0.408. The van der Waals surface area contributed by atoms with Gasteiger partial charge in [-0.1, -0.05) is 6.07 Å². The standard InChI is InChI=1S/C21H23N3O6S/c1-29-13-5-6-14(18(11-13)30-2)12-4-7-16-15(10-12)21(26)24-9-8-17(23-31(3,27)28)19(24)20(25)22-16/h4-7,10-11,17,19,23H,8-9H2,1-3H3,(H,22,25)/t17-,19-/m0/s1. The van der Waals surface area contributed by atoms with Crippen molar-refractivity contribution in [3.05, 3.63) is 42.0 Å². The molecule has 1 saturated heterocycles. The smallest absolute Gasteiger partial charge is 0.256 e. The Kier molecular flexibility index (Phi) is 5.36. The number of methoxy groups -OCH3 is 2. The van der Waals surface area contributed by atoms with Crippen molar-refractivity contribution < 1.29 is 27.5 Å². The van der Waals surface area contributed by atoms with Crippen LogP contribution in [-0.4, -0.2) is 64.2 Å². The van der Waals surface area contributed by atoms with Crippen molar-refractivity contribution in [2.45, 2.75) is 18.5 Å². The van der Waals surface area contributed by atoms with Crippen molar-refractivity contribution in [1.29, 1.82) is 0 Å². The molecule has 2 heterocycles. The van der Waals surface area contributed by atoms with E-state index in [0.717, 1.165) is 17.4 Å². The number of benzene rings is 2. The Labute approximate surface area is 180 Å². The van der Waals surface area contributed by atoms with E-state index in [1.165, 1.54) is 4.90 Å². The summed E-state index contributed by atoms with van der Waals surface area (Å²) < 4.78 is 36.6. The zero-order chi connectivity index (χ0) is 22.3. The Morgan fingerprint density at radius 3 is 2.52 bits per heavy atom. The van der Waals surface area contributed by atoms with Crippen LogP contribution < -0.4 is 19.5 Å². The first-order valence-corrected chi connectivity index (χ1v) is 11.6. The minimum atomic E-state index is -3.53. The van der Waals surface area contributed by atoms with Gasteiger partial charge in [-0.25, -0.2) is 13.1 Å². The lowest BCUT2D eigenvalue weighted by molar-refractivity contribution is -0.120. The van der Waals surface area contributed by atoms with Gasteiger partial charge in [-0.05, 0) is 36.2 Å². The fraction of sp³-hybridized carbons (Fsp3) is 0.333. The van der Waals surface area contributed by atoms with Crippen LogP contribution in [-0.2, 0) is 14.8 Å². The summed E-state index contributed by atoms with van der Waals surface area (Å²) in [6.07, 6.45) is 1.40. The average Bonchev–Trinajstić information content (AvgIpc) is 3.10. The Balaban J connectivity index is 1.73. The quantitative estimate of drug-likeness (QED) is 0.720. The second-order valence-electron chi connectivity index (χ2n) is 7.54. The van der Waals surface area contributed by atoms with E-state index in [1.807, 2.05) is 6.07 Å². The molecular formula is C21H23N3O6S. The van der Waals surface area contributed by atoms with E-state index in [2.05, 4.69) is 10.0 Å². The van der Waals surface area contributed by atoms with Crippen LogP contribution in [0.5, 0.6) is 11.5 Å². The molecule has 2 N–H and O–H groups in total. The first-order chi connectivity index (χ1) is 14.7. The molecule has 164 valence electrons. The summed E-state index contributed by atoms with van der Waals surface area (Å²) in [5.74, 6) is 0.481. The zero-order valence-corrected chi connectivity index (χ0v) is 18.2. The third-order valence-electron chi connectivity index (χ3n) is 5.52. The number of ether oxygens (including phenoxy) is 2. The van der Waals surface area contributed by atoms with Crippen LogP contribution in [0.25, 0.3) is 11.1 Å². The summed E-state index contributed by atoms with van der Waals surface area (Å²) in [6.45, 7) is 0.277. The summed E-state index contributed by atoms with van der Waals surface area (Å²) in [4.78, 5) is 27.6. The van der Waals surface area contributed by atoms with Crippen LogP contribution in [0.4, 0.5) is 5.69 Å². The molecule has 2 aliphatic heterocycles. The second-order valence-corrected chi connectivity index (χ2v) is 9.32. The van der Waals surface area contributed by atoms with Gasteiger partial charge >= 0.3 is 0 Å². The number of carbonyl (C=O) groups is 2. The molecule has 0 bridgehead atoms. The summed E-state index contributed by atoms with van der Waals surface area (Å²) in [5, 5.41) is 2.78. The number of fused-ring (bicyclic) bond motifs is 2. The molecule has 0 unspecified atom stereocenters. The number of carbonyl (C=O) groups excluding carboxylic acids is 2. The maximum Gasteiger partial charge on any atom is 0.256 e. The van der Waals surface area contributed by atoms with Gasteiger partial charge in [0.1, 0.15) is 17.5 Å². The first kappa shape index (κ1) is 21.1. The molecule has 0 saturated carbocycles. The number of hydrogen-bond acceptors (Lipinski definition) is 6. The van der Waals surface area contributed by atoms with Crippen molar-refractivity contribution in [3.63, 3.8) is 0 Å². The molecule has 2 aromatic rings. The molecule has 0 aromatic heterocycles. The van der Waals surface area contributed by atoms with E-state index in [9.17, 15) is 18.0 Å². The van der Waals surface area contributed by atoms with Gasteiger partial charge in [0.05, 0.1) is 37.8 Å². The van der Waals surface area contributed by atoms with Crippen molar-refractivity contribution in [1.82, 2.24) is 9.62 Å². The SMILES string of the molecule is COc1ccc(-c2ccc3c(c2)C(=O)N2CC[C@H](NS(C)(=O)=O)[C@H]2C(=O)N3)c(OC)c1. The lowest BCUT2D eigenvalue weighted by Gasteiger charge is -2.24. The van der Waals surface area contributed by atoms with E-state index in [-0.39, 0.29) is 12.5 Å². The minimum absolute atomic E-state index is 0.277. The predicted octanol–water partition coefficient (Wildman–Crippen LogP) is 1.46. The van der Waals surface area contributed by atoms with Crippen molar-refractivity contribution in [2.24, 2.45) is 0 Å². The number of nitrogens with one attached hydrogen (secondary N) is 2. The van der Waals surface area contributed by atoms with Crippen LogP contribution in [0.1, 0.15) is 16.8 Å². The number of hydrogen-bond donors (Lipinski definition) is 2. The molecule has 2 amide bonds. The summed E-state index contributed by atoms with van der Waals surface area (Å²) in [5.41, 5.74) is 2.23. The van der Waals surface area contributed by atoms with Crippen LogP contribution in [0.3, 0.4) is 0 Å². The third kappa shape index (κ3) is 3.96. The molecule has 10 heteroatoms. The molecule has 4 rings (SSSR count). The molecule has 2 aromatic carbocycles. The molecule has 2 aliphatic rings. The highest BCUT2D eigenvalue weighted by molar-refractivity contribution is 7.88.